The summed E-state index contributed by atoms with van der Waals surface area (Å²) in [5.41, 5.74) is 0.551. The SMILES string of the molecule is CC(C)(C)[Si](C)(C)OC[C@@H](NC(=O)O)[C@H](O)c1cccc(Cl)c1. The molecule has 130 valence electrons. The van der Waals surface area contributed by atoms with Crippen molar-refractivity contribution in [1.29, 1.82) is 0 Å². The molecule has 0 fully saturated rings. The van der Waals surface area contributed by atoms with Crippen molar-refractivity contribution < 1.29 is 19.4 Å². The summed E-state index contributed by atoms with van der Waals surface area (Å²) in [4.78, 5) is 11.0. The van der Waals surface area contributed by atoms with Crippen LogP contribution < -0.4 is 5.32 Å². The summed E-state index contributed by atoms with van der Waals surface area (Å²) in [7, 11) is -2.05. The van der Waals surface area contributed by atoms with Crippen LogP contribution >= 0.6 is 11.6 Å². The zero-order valence-corrected chi connectivity index (χ0v) is 16.0. The second kappa shape index (κ2) is 7.66. The Morgan fingerprint density at radius 2 is 2.00 bits per heavy atom. The van der Waals surface area contributed by atoms with Crippen molar-refractivity contribution in [1.82, 2.24) is 5.32 Å². The highest BCUT2D eigenvalue weighted by molar-refractivity contribution is 6.74. The van der Waals surface area contributed by atoms with Crippen molar-refractivity contribution in [3.05, 3.63) is 34.9 Å². The van der Waals surface area contributed by atoms with Gasteiger partial charge >= 0.3 is 6.09 Å². The first-order valence-electron chi connectivity index (χ1n) is 7.51. The minimum Gasteiger partial charge on any atom is -0.465 e. The van der Waals surface area contributed by atoms with E-state index in [-0.39, 0.29) is 11.6 Å². The number of rotatable bonds is 6. The lowest BCUT2D eigenvalue weighted by atomic mass is 10.0. The van der Waals surface area contributed by atoms with Gasteiger partial charge in [-0.2, -0.15) is 0 Å². The van der Waals surface area contributed by atoms with Crippen LogP contribution in [0.3, 0.4) is 0 Å². The zero-order chi connectivity index (χ0) is 17.8. The van der Waals surface area contributed by atoms with Crippen molar-refractivity contribution in [3.63, 3.8) is 0 Å². The second-order valence-corrected chi connectivity index (χ2v) is 12.4. The topological polar surface area (TPSA) is 78.8 Å². The van der Waals surface area contributed by atoms with E-state index < -0.39 is 26.6 Å². The molecule has 7 heteroatoms. The molecule has 1 amide bonds. The van der Waals surface area contributed by atoms with E-state index in [1.807, 2.05) is 0 Å². The lowest BCUT2D eigenvalue weighted by Crippen LogP contribution is -2.48. The first-order valence-corrected chi connectivity index (χ1v) is 10.8. The number of carboxylic acid groups (broad SMARTS) is 1. The van der Waals surface area contributed by atoms with Gasteiger partial charge in [-0.25, -0.2) is 4.79 Å². The van der Waals surface area contributed by atoms with Gasteiger partial charge in [0.1, 0.15) is 6.10 Å². The molecule has 1 rings (SSSR count). The Balaban J connectivity index is 2.90. The van der Waals surface area contributed by atoms with Gasteiger partial charge in [0.05, 0.1) is 12.6 Å². The van der Waals surface area contributed by atoms with Gasteiger partial charge in [-0.15, -0.1) is 0 Å². The van der Waals surface area contributed by atoms with Gasteiger partial charge in [-0.1, -0.05) is 44.5 Å². The maximum atomic E-state index is 11.0. The van der Waals surface area contributed by atoms with Crippen LogP contribution in [0.1, 0.15) is 32.4 Å². The largest absolute Gasteiger partial charge is 0.465 e. The molecule has 0 saturated heterocycles. The van der Waals surface area contributed by atoms with Crippen molar-refractivity contribution >= 4 is 26.0 Å². The number of nitrogens with one attached hydrogen (secondary N) is 1. The number of halogens is 1. The van der Waals surface area contributed by atoms with E-state index in [2.05, 4.69) is 39.2 Å². The maximum absolute atomic E-state index is 11.0. The van der Waals surface area contributed by atoms with Gasteiger partial charge in [-0.05, 0) is 35.8 Å². The fourth-order valence-corrected chi connectivity index (χ4v) is 3.04. The average molecular weight is 360 g/mol. The number of carbonyl (C=O) groups is 1. The molecule has 3 N–H and O–H groups in total. The molecule has 0 aliphatic heterocycles. The standard InChI is InChI=1S/C16H26ClNO4Si/c1-16(2,3)23(4,5)22-10-13(18-15(20)21)14(19)11-7-6-8-12(17)9-11/h6-9,13-14,18-19H,10H2,1-5H3,(H,20,21)/t13-,14-/m1/s1. The monoisotopic (exact) mass is 359 g/mol. The average Bonchev–Trinajstić information content (AvgIpc) is 2.41. The van der Waals surface area contributed by atoms with Gasteiger partial charge in [-0.3, -0.25) is 0 Å². The van der Waals surface area contributed by atoms with Crippen LogP contribution in [0.4, 0.5) is 4.79 Å². The lowest BCUT2D eigenvalue weighted by Gasteiger charge is -2.37. The molecule has 0 unspecified atom stereocenters. The van der Waals surface area contributed by atoms with Crippen LogP contribution in [-0.2, 0) is 4.43 Å². The van der Waals surface area contributed by atoms with Crippen LogP contribution in [0, 0.1) is 0 Å². The van der Waals surface area contributed by atoms with Crippen LogP contribution in [-0.4, -0.2) is 37.3 Å². The minimum absolute atomic E-state index is 0.00177. The molecule has 0 aliphatic carbocycles. The van der Waals surface area contributed by atoms with E-state index in [0.29, 0.717) is 10.6 Å². The predicted molar refractivity (Wildman–Crippen MR) is 94.5 cm³/mol. The highest BCUT2D eigenvalue weighted by Crippen LogP contribution is 2.37. The quantitative estimate of drug-likeness (QED) is 0.670. The molecule has 2 atom stereocenters. The number of benzene rings is 1. The molecule has 1 aromatic carbocycles. The molecule has 0 radical (unpaired) electrons. The lowest BCUT2D eigenvalue weighted by molar-refractivity contribution is 0.0894. The van der Waals surface area contributed by atoms with E-state index in [4.69, 9.17) is 21.1 Å². The minimum atomic E-state index is -2.05. The smallest absolute Gasteiger partial charge is 0.405 e. The Kier molecular flexibility index (Phi) is 6.65. The summed E-state index contributed by atoms with van der Waals surface area (Å²) in [6.07, 6.45) is -2.23. The summed E-state index contributed by atoms with van der Waals surface area (Å²) >= 11 is 5.94. The Morgan fingerprint density at radius 1 is 1.39 bits per heavy atom. The van der Waals surface area contributed by atoms with Gasteiger partial charge in [0, 0.05) is 5.02 Å². The normalized spacial score (nSPS) is 15.1. The molecule has 0 heterocycles. The van der Waals surface area contributed by atoms with Crippen molar-refractivity contribution in [2.45, 2.75) is 51.0 Å². The molecule has 0 aromatic heterocycles. The molecule has 0 spiro atoms. The molecule has 0 aliphatic rings. The van der Waals surface area contributed by atoms with Gasteiger partial charge in [0.2, 0.25) is 0 Å². The van der Waals surface area contributed by atoms with Crippen molar-refractivity contribution in [3.8, 4) is 0 Å². The molecular weight excluding hydrogens is 334 g/mol. The van der Waals surface area contributed by atoms with Crippen LogP contribution in [0.2, 0.25) is 23.2 Å². The van der Waals surface area contributed by atoms with Gasteiger partial charge in [0.25, 0.3) is 0 Å². The number of aliphatic hydroxyl groups excluding tert-OH is 1. The van der Waals surface area contributed by atoms with E-state index in [0.717, 1.165) is 0 Å². The maximum Gasteiger partial charge on any atom is 0.405 e. The predicted octanol–water partition coefficient (Wildman–Crippen LogP) is 4.03. The third-order valence-electron chi connectivity index (χ3n) is 4.31. The highest BCUT2D eigenvalue weighted by Gasteiger charge is 2.38. The van der Waals surface area contributed by atoms with Gasteiger partial charge < -0.3 is 20.0 Å². The summed E-state index contributed by atoms with van der Waals surface area (Å²) in [6.45, 7) is 10.6. The van der Waals surface area contributed by atoms with E-state index in [1.165, 1.54) is 0 Å². The molecule has 5 nitrogen and oxygen atoms in total. The number of hydrogen-bond donors (Lipinski definition) is 3. The van der Waals surface area contributed by atoms with Crippen LogP contribution in [0.25, 0.3) is 0 Å². The third-order valence-corrected chi connectivity index (χ3v) is 9.05. The number of hydrogen-bond acceptors (Lipinski definition) is 3. The zero-order valence-electron chi connectivity index (χ0n) is 14.3. The van der Waals surface area contributed by atoms with E-state index >= 15 is 0 Å². The fourth-order valence-electron chi connectivity index (χ4n) is 1.81. The summed E-state index contributed by atoms with van der Waals surface area (Å²) in [5, 5.41) is 22.4. The number of aliphatic hydroxyl groups is 1. The Morgan fingerprint density at radius 3 is 2.48 bits per heavy atom. The Labute approximate surface area is 143 Å². The summed E-state index contributed by atoms with van der Waals surface area (Å²) < 4.78 is 6.05. The molecule has 1 aromatic rings. The first-order chi connectivity index (χ1) is 10.4. The Hall–Kier alpha value is -1.08. The first kappa shape index (κ1) is 20.0. The summed E-state index contributed by atoms with van der Waals surface area (Å²) in [6, 6.07) is 5.98. The highest BCUT2D eigenvalue weighted by atomic mass is 35.5. The molecule has 0 bridgehead atoms. The summed E-state index contributed by atoms with van der Waals surface area (Å²) in [5.74, 6) is 0. The van der Waals surface area contributed by atoms with Crippen molar-refractivity contribution in [2.24, 2.45) is 0 Å². The van der Waals surface area contributed by atoms with E-state index in [9.17, 15) is 9.90 Å². The van der Waals surface area contributed by atoms with Crippen LogP contribution in [0.15, 0.2) is 24.3 Å². The van der Waals surface area contributed by atoms with Crippen LogP contribution in [0.5, 0.6) is 0 Å². The van der Waals surface area contributed by atoms with Gasteiger partial charge in [0.15, 0.2) is 8.32 Å². The third kappa shape index (κ3) is 5.80. The number of amides is 1. The second-order valence-electron chi connectivity index (χ2n) is 7.13. The molecule has 23 heavy (non-hydrogen) atoms. The molecular formula is C16H26ClNO4Si. The fraction of sp³-hybridized carbons (Fsp3) is 0.562. The van der Waals surface area contributed by atoms with Crippen molar-refractivity contribution in [2.75, 3.05) is 6.61 Å². The van der Waals surface area contributed by atoms with E-state index in [1.54, 1.807) is 24.3 Å². The molecule has 0 saturated carbocycles. The Bertz CT molecular complexity index is 545.